The van der Waals surface area contributed by atoms with Gasteiger partial charge < -0.3 is 10.6 Å². The molecule has 1 atom stereocenters. The van der Waals surface area contributed by atoms with Gasteiger partial charge in [-0.3, -0.25) is 4.79 Å². The molecule has 0 bridgehead atoms. The maximum atomic E-state index is 12.0. The number of benzene rings is 1. The number of likely N-dealkylation sites (tertiary alicyclic amines) is 1. The Morgan fingerprint density at radius 2 is 2.23 bits per heavy atom. The van der Waals surface area contributed by atoms with Crippen molar-refractivity contribution in [3.63, 3.8) is 0 Å². The average molecular weight is 429 g/mol. The largest absolute Gasteiger partial charge is 0.382 e. The van der Waals surface area contributed by atoms with Crippen LogP contribution in [0.3, 0.4) is 0 Å². The Morgan fingerprint density at radius 1 is 1.35 bits per heavy atom. The van der Waals surface area contributed by atoms with E-state index in [0.717, 1.165) is 38.5 Å². The highest BCUT2D eigenvalue weighted by atomic mass is 32.1. The first-order valence-corrected chi connectivity index (χ1v) is 10.8. The summed E-state index contributed by atoms with van der Waals surface area (Å²) in [6.45, 7) is 6.90. The van der Waals surface area contributed by atoms with E-state index in [4.69, 9.17) is 5.73 Å². The molecule has 0 unspecified atom stereocenters. The second-order valence-corrected chi connectivity index (χ2v) is 8.76. The molecule has 0 aliphatic carbocycles. The maximum Gasteiger partial charge on any atom is 0.245 e. The normalized spacial score (nSPS) is 15.9. The van der Waals surface area contributed by atoms with E-state index in [2.05, 4.69) is 39.6 Å². The molecule has 154 valence electrons. The van der Waals surface area contributed by atoms with Gasteiger partial charge >= 0.3 is 0 Å². The number of thiazole rings is 1. The lowest BCUT2D eigenvalue weighted by Crippen LogP contribution is -2.26. The lowest BCUT2D eigenvalue weighted by molar-refractivity contribution is -0.125. The number of anilines is 1. The lowest BCUT2D eigenvalue weighted by Gasteiger charge is -2.14. The van der Waals surface area contributed by atoms with E-state index < -0.39 is 0 Å². The number of hydrogen-bond acceptors (Lipinski definition) is 6. The molecule has 7 nitrogen and oxygen atoms in total. The molecule has 1 fully saturated rings. The standard InChI is InChI=1S/C23H20N6OS/c1-3-21(30)28-9-8-17(12-28)19-11-16(22-23(24)25-13-26-29(19)22)6-4-15-5-7-20-18(10-15)27-14(2)31-20/h3,5,7,10-11,13,17H,1,8-9,12H2,2H3,(H2,24,25,26)/t17-/m0/s1. The van der Waals surface area contributed by atoms with Crippen molar-refractivity contribution in [3.05, 3.63) is 65.1 Å². The molecule has 3 aromatic heterocycles. The molecule has 1 saturated heterocycles. The third-order valence-electron chi connectivity index (χ3n) is 5.54. The highest BCUT2D eigenvalue weighted by Gasteiger charge is 2.29. The van der Waals surface area contributed by atoms with E-state index in [1.54, 1.807) is 16.2 Å². The Kier molecular flexibility index (Phi) is 4.68. The molecular weight excluding hydrogens is 408 g/mol. The summed E-state index contributed by atoms with van der Waals surface area (Å²) in [6, 6.07) is 8.07. The predicted octanol–water partition coefficient (Wildman–Crippen LogP) is 3.13. The van der Waals surface area contributed by atoms with E-state index in [0.29, 0.717) is 24.4 Å². The topological polar surface area (TPSA) is 89.4 Å². The third-order valence-corrected chi connectivity index (χ3v) is 6.49. The lowest BCUT2D eigenvalue weighted by atomic mass is 10.0. The molecule has 5 rings (SSSR count). The Bertz CT molecular complexity index is 1410. The van der Waals surface area contributed by atoms with Crippen LogP contribution < -0.4 is 5.73 Å². The Balaban J connectivity index is 1.54. The van der Waals surface area contributed by atoms with Crippen molar-refractivity contribution in [1.82, 2.24) is 24.5 Å². The zero-order valence-electron chi connectivity index (χ0n) is 17.0. The van der Waals surface area contributed by atoms with E-state index >= 15 is 0 Å². The van der Waals surface area contributed by atoms with Crippen molar-refractivity contribution in [2.75, 3.05) is 18.8 Å². The molecule has 1 amide bonds. The number of rotatable bonds is 2. The molecule has 31 heavy (non-hydrogen) atoms. The van der Waals surface area contributed by atoms with Crippen LogP contribution in [0, 0.1) is 18.8 Å². The highest BCUT2D eigenvalue weighted by Crippen LogP contribution is 2.31. The van der Waals surface area contributed by atoms with E-state index in [1.807, 2.05) is 29.6 Å². The van der Waals surface area contributed by atoms with Gasteiger partial charge in [0.15, 0.2) is 5.82 Å². The highest BCUT2D eigenvalue weighted by molar-refractivity contribution is 7.18. The van der Waals surface area contributed by atoms with E-state index in [1.165, 1.54) is 12.4 Å². The third kappa shape index (κ3) is 3.43. The quantitative estimate of drug-likeness (QED) is 0.391. The molecule has 4 aromatic rings. The zero-order chi connectivity index (χ0) is 21.5. The van der Waals surface area contributed by atoms with Crippen LogP contribution in [-0.2, 0) is 4.79 Å². The molecule has 0 saturated carbocycles. The predicted molar refractivity (Wildman–Crippen MR) is 122 cm³/mol. The minimum Gasteiger partial charge on any atom is -0.382 e. The molecule has 1 aliphatic rings. The van der Waals surface area contributed by atoms with Crippen molar-refractivity contribution in [3.8, 4) is 11.8 Å². The van der Waals surface area contributed by atoms with Crippen molar-refractivity contribution in [1.29, 1.82) is 0 Å². The first-order valence-electron chi connectivity index (χ1n) is 9.96. The summed E-state index contributed by atoms with van der Waals surface area (Å²) in [4.78, 5) is 22.5. The summed E-state index contributed by atoms with van der Waals surface area (Å²) in [5.74, 6) is 6.97. The Hall–Kier alpha value is -3.70. The van der Waals surface area contributed by atoms with Crippen LogP contribution in [0.2, 0.25) is 0 Å². The molecule has 0 radical (unpaired) electrons. The fourth-order valence-electron chi connectivity index (χ4n) is 4.07. The molecule has 2 N–H and O–H groups in total. The summed E-state index contributed by atoms with van der Waals surface area (Å²) in [7, 11) is 0. The molecule has 4 heterocycles. The number of carbonyl (C=O) groups excluding carboxylic acids is 1. The second kappa shape index (κ2) is 7.52. The smallest absolute Gasteiger partial charge is 0.245 e. The fourth-order valence-corrected chi connectivity index (χ4v) is 4.88. The number of nitrogens with zero attached hydrogens (tertiary/aromatic N) is 5. The second-order valence-electron chi connectivity index (χ2n) is 7.53. The van der Waals surface area contributed by atoms with Gasteiger partial charge in [-0.1, -0.05) is 18.4 Å². The van der Waals surface area contributed by atoms with Gasteiger partial charge in [0.2, 0.25) is 5.91 Å². The number of fused-ring (bicyclic) bond motifs is 2. The molecule has 0 spiro atoms. The van der Waals surface area contributed by atoms with Gasteiger partial charge in [-0.15, -0.1) is 11.3 Å². The van der Waals surface area contributed by atoms with Gasteiger partial charge in [-0.25, -0.2) is 14.5 Å². The number of nitrogen functional groups attached to an aromatic ring is 1. The van der Waals surface area contributed by atoms with Crippen LogP contribution in [-0.4, -0.2) is 43.5 Å². The molecule has 8 heteroatoms. The van der Waals surface area contributed by atoms with Gasteiger partial charge in [-0.05, 0) is 43.7 Å². The van der Waals surface area contributed by atoms with Gasteiger partial charge in [-0.2, -0.15) is 5.10 Å². The van der Waals surface area contributed by atoms with Gasteiger partial charge in [0, 0.05) is 30.3 Å². The van der Waals surface area contributed by atoms with Crippen molar-refractivity contribution in [2.45, 2.75) is 19.3 Å². The zero-order valence-corrected chi connectivity index (χ0v) is 17.8. The fraction of sp³-hybridized carbons (Fsp3) is 0.217. The van der Waals surface area contributed by atoms with Crippen LogP contribution in [0.5, 0.6) is 0 Å². The summed E-state index contributed by atoms with van der Waals surface area (Å²) in [5.41, 5.74) is 10.5. The minimum absolute atomic E-state index is 0.0508. The summed E-state index contributed by atoms with van der Waals surface area (Å²) >= 11 is 1.67. The Morgan fingerprint density at radius 3 is 3.06 bits per heavy atom. The van der Waals surface area contributed by atoms with Crippen molar-refractivity contribution >= 4 is 38.8 Å². The first-order chi connectivity index (χ1) is 15.0. The van der Waals surface area contributed by atoms with Gasteiger partial charge in [0.05, 0.1) is 20.8 Å². The SMILES string of the molecule is C=CC(=O)N1CC[C@H](c2cc(C#Cc3ccc4sc(C)nc4c3)c3c(N)ncnn23)C1. The van der Waals surface area contributed by atoms with Gasteiger partial charge in [0.1, 0.15) is 11.8 Å². The van der Waals surface area contributed by atoms with E-state index in [-0.39, 0.29) is 11.8 Å². The average Bonchev–Trinajstić information content (AvgIpc) is 3.47. The maximum absolute atomic E-state index is 12.0. The molecular formula is C23H20N6OS. The summed E-state index contributed by atoms with van der Waals surface area (Å²) in [6.07, 6.45) is 3.65. The van der Waals surface area contributed by atoms with E-state index in [9.17, 15) is 4.79 Å². The van der Waals surface area contributed by atoms with Crippen LogP contribution in [0.1, 0.15) is 34.2 Å². The van der Waals surface area contributed by atoms with Crippen molar-refractivity contribution < 1.29 is 4.79 Å². The number of hydrogen-bond donors (Lipinski definition) is 1. The molecule has 1 aromatic carbocycles. The Labute approximate surface area is 183 Å². The number of aromatic nitrogens is 4. The number of nitrogens with two attached hydrogens (primary N) is 1. The van der Waals surface area contributed by atoms with Crippen LogP contribution in [0.15, 0.2) is 43.2 Å². The molecule has 1 aliphatic heterocycles. The number of aryl methyl sites for hydroxylation is 1. The number of carbonyl (C=O) groups is 1. The summed E-state index contributed by atoms with van der Waals surface area (Å²) < 4.78 is 2.96. The monoisotopic (exact) mass is 428 g/mol. The van der Waals surface area contributed by atoms with Crippen molar-refractivity contribution in [2.24, 2.45) is 0 Å². The summed E-state index contributed by atoms with van der Waals surface area (Å²) in [5, 5.41) is 5.46. The first kappa shape index (κ1) is 19.3. The van der Waals surface area contributed by atoms with Crippen LogP contribution >= 0.6 is 11.3 Å². The van der Waals surface area contributed by atoms with Gasteiger partial charge in [0.25, 0.3) is 0 Å². The minimum atomic E-state index is -0.0508. The number of amides is 1. The van der Waals surface area contributed by atoms with Crippen LogP contribution in [0.25, 0.3) is 15.7 Å². The van der Waals surface area contributed by atoms with Crippen LogP contribution in [0.4, 0.5) is 5.82 Å².